The highest BCUT2D eigenvalue weighted by Gasteiger charge is 2.19. The first-order valence-corrected chi connectivity index (χ1v) is 6.93. The van der Waals surface area contributed by atoms with Crippen LogP contribution in [0.5, 0.6) is 0 Å². The van der Waals surface area contributed by atoms with E-state index < -0.39 is 6.29 Å². The molecule has 0 unspecified atom stereocenters. The highest BCUT2D eigenvalue weighted by molar-refractivity contribution is 5.99. The van der Waals surface area contributed by atoms with Gasteiger partial charge in [0.1, 0.15) is 0 Å². The minimum atomic E-state index is -0.464. The average Bonchev–Trinajstić information content (AvgIpc) is 2.75. The van der Waals surface area contributed by atoms with Gasteiger partial charge in [0.15, 0.2) is 6.29 Å². The van der Waals surface area contributed by atoms with E-state index in [4.69, 9.17) is 9.47 Å². The molecule has 114 valence electrons. The number of aryl methyl sites for hydroxylation is 2. The molecule has 0 bridgehead atoms. The maximum Gasteiger partial charge on any atom is 0.251 e. The molecule has 1 atom stereocenters. The van der Waals surface area contributed by atoms with E-state index in [-0.39, 0.29) is 11.9 Å². The Hall–Kier alpha value is -1.85. The van der Waals surface area contributed by atoms with Crippen molar-refractivity contribution in [1.82, 2.24) is 10.3 Å². The molecule has 5 heteroatoms. The number of H-pyrrole nitrogens is 1. The lowest BCUT2D eigenvalue weighted by molar-refractivity contribution is -0.117. The Morgan fingerprint density at radius 3 is 2.52 bits per heavy atom. The van der Waals surface area contributed by atoms with E-state index in [1.54, 1.807) is 14.2 Å². The number of hydrogen-bond acceptors (Lipinski definition) is 3. The molecule has 0 radical (unpaired) electrons. The number of aromatic amines is 1. The number of fused-ring (bicyclic) bond motifs is 1. The molecule has 2 aromatic rings. The summed E-state index contributed by atoms with van der Waals surface area (Å²) in [5.41, 5.74) is 3.96. The summed E-state index contributed by atoms with van der Waals surface area (Å²) in [6.45, 7) is 5.92. The average molecular weight is 290 g/mol. The molecule has 1 aromatic heterocycles. The molecule has 0 saturated heterocycles. The van der Waals surface area contributed by atoms with Gasteiger partial charge >= 0.3 is 0 Å². The van der Waals surface area contributed by atoms with Gasteiger partial charge in [0.05, 0.1) is 6.04 Å². The first-order valence-electron chi connectivity index (χ1n) is 6.93. The Morgan fingerprint density at radius 1 is 1.24 bits per heavy atom. The molecular weight excluding hydrogens is 268 g/mol. The van der Waals surface area contributed by atoms with E-state index in [0.717, 1.165) is 16.6 Å². The SMILES string of the molecule is COC(OC)[C@H](C)NC(=O)c1ccc2[nH]c(C)c(C)c2c1. The maximum atomic E-state index is 12.3. The van der Waals surface area contributed by atoms with E-state index >= 15 is 0 Å². The van der Waals surface area contributed by atoms with Crippen molar-refractivity contribution in [2.24, 2.45) is 0 Å². The summed E-state index contributed by atoms with van der Waals surface area (Å²) in [7, 11) is 3.10. The van der Waals surface area contributed by atoms with Crippen LogP contribution in [0.4, 0.5) is 0 Å². The number of aromatic nitrogens is 1. The third-order valence-corrected chi connectivity index (χ3v) is 3.80. The summed E-state index contributed by atoms with van der Waals surface area (Å²) in [4.78, 5) is 15.6. The molecule has 0 spiro atoms. The summed E-state index contributed by atoms with van der Waals surface area (Å²) >= 11 is 0. The fraction of sp³-hybridized carbons (Fsp3) is 0.438. The van der Waals surface area contributed by atoms with Crippen LogP contribution in [0.2, 0.25) is 0 Å². The number of hydrogen-bond donors (Lipinski definition) is 2. The zero-order chi connectivity index (χ0) is 15.6. The maximum absolute atomic E-state index is 12.3. The Morgan fingerprint density at radius 2 is 1.90 bits per heavy atom. The zero-order valence-corrected chi connectivity index (χ0v) is 13.1. The number of ether oxygens (including phenoxy) is 2. The van der Waals surface area contributed by atoms with Crippen molar-refractivity contribution >= 4 is 16.8 Å². The van der Waals surface area contributed by atoms with Crippen LogP contribution in [0.3, 0.4) is 0 Å². The fourth-order valence-electron chi connectivity index (χ4n) is 2.47. The Kier molecular flexibility index (Phi) is 4.65. The lowest BCUT2D eigenvalue weighted by Gasteiger charge is -2.22. The second-order valence-electron chi connectivity index (χ2n) is 5.24. The topological polar surface area (TPSA) is 63.4 Å². The van der Waals surface area contributed by atoms with Crippen molar-refractivity contribution in [2.75, 3.05) is 14.2 Å². The molecular formula is C16H22N2O3. The zero-order valence-electron chi connectivity index (χ0n) is 13.1. The van der Waals surface area contributed by atoms with Crippen molar-refractivity contribution < 1.29 is 14.3 Å². The predicted molar refractivity (Wildman–Crippen MR) is 82.5 cm³/mol. The molecule has 2 N–H and O–H groups in total. The van der Waals surface area contributed by atoms with Crippen molar-refractivity contribution in [3.05, 3.63) is 35.0 Å². The van der Waals surface area contributed by atoms with Crippen LogP contribution < -0.4 is 5.32 Å². The second kappa shape index (κ2) is 6.28. The molecule has 1 heterocycles. The molecule has 21 heavy (non-hydrogen) atoms. The Labute approximate surface area is 124 Å². The van der Waals surface area contributed by atoms with E-state index in [1.165, 1.54) is 5.56 Å². The normalized spacial score (nSPS) is 12.9. The van der Waals surface area contributed by atoms with Gasteiger partial charge in [0.25, 0.3) is 5.91 Å². The highest BCUT2D eigenvalue weighted by Crippen LogP contribution is 2.22. The number of carbonyl (C=O) groups excluding carboxylic acids is 1. The van der Waals surface area contributed by atoms with Gasteiger partial charge in [-0.3, -0.25) is 4.79 Å². The van der Waals surface area contributed by atoms with Gasteiger partial charge < -0.3 is 19.8 Å². The van der Waals surface area contributed by atoms with Gasteiger partial charge in [0.2, 0.25) is 0 Å². The predicted octanol–water partition coefficient (Wildman–Crippen LogP) is 2.52. The third-order valence-electron chi connectivity index (χ3n) is 3.80. The largest absolute Gasteiger partial charge is 0.358 e. The number of rotatable bonds is 5. The smallest absolute Gasteiger partial charge is 0.251 e. The van der Waals surface area contributed by atoms with Gasteiger partial charge in [-0.1, -0.05) is 0 Å². The van der Waals surface area contributed by atoms with Crippen molar-refractivity contribution in [3.63, 3.8) is 0 Å². The summed E-state index contributed by atoms with van der Waals surface area (Å²) in [5.74, 6) is -0.137. The van der Waals surface area contributed by atoms with Crippen LogP contribution in [0.1, 0.15) is 28.5 Å². The van der Waals surface area contributed by atoms with E-state index in [9.17, 15) is 4.79 Å². The molecule has 0 aliphatic heterocycles. The standard InChI is InChI=1S/C16H22N2O3/c1-9-10(2)17-14-7-6-12(8-13(9)14)15(19)18-11(3)16(20-4)21-5/h6-8,11,16-17H,1-5H3,(H,18,19)/t11-/m0/s1. The van der Waals surface area contributed by atoms with Crippen LogP contribution >= 0.6 is 0 Å². The molecule has 0 aliphatic carbocycles. The summed E-state index contributed by atoms with van der Waals surface area (Å²) in [6.07, 6.45) is -0.464. The Balaban J connectivity index is 2.21. The minimum Gasteiger partial charge on any atom is -0.358 e. The Bertz CT molecular complexity index is 644. The van der Waals surface area contributed by atoms with Crippen molar-refractivity contribution in [1.29, 1.82) is 0 Å². The molecule has 0 saturated carbocycles. The number of methoxy groups -OCH3 is 2. The first kappa shape index (κ1) is 15.5. The van der Waals surface area contributed by atoms with Gasteiger partial charge in [0, 0.05) is 36.4 Å². The summed E-state index contributed by atoms with van der Waals surface area (Å²) in [6, 6.07) is 5.41. The molecule has 0 aliphatic rings. The summed E-state index contributed by atoms with van der Waals surface area (Å²) in [5, 5.41) is 3.96. The summed E-state index contributed by atoms with van der Waals surface area (Å²) < 4.78 is 10.3. The number of amides is 1. The van der Waals surface area contributed by atoms with E-state index in [2.05, 4.69) is 10.3 Å². The third kappa shape index (κ3) is 3.09. The molecule has 0 fully saturated rings. The van der Waals surface area contributed by atoms with Crippen LogP contribution in [-0.4, -0.2) is 37.4 Å². The fourth-order valence-corrected chi connectivity index (χ4v) is 2.47. The van der Waals surface area contributed by atoms with Gasteiger partial charge in [-0.2, -0.15) is 0 Å². The van der Waals surface area contributed by atoms with Crippen LogP contribution in [0.25, 0.3) is 10.9 Å². The van der Waals surface area contributed by atoms with E-state index in [1.807, 2.05) is 39.0 Å². The lowest BCUT2D eigenvalue weighted by Crippen LogP contribution is -2.42. The van der Waals surface area contributed by atoms with Crippen molar-refractivity contribution in [3.8, 4) is 0 Å². The lowest BCUT2D eigenvalue weighted by atomic mass is 10.1. The number of carbonyl (C=O) groups is 1. The first-order chi connectivity index (χ1) is 9.97. The molecule has 1 aromatic carbocycles. The molecule has 1 amide bonds. The number of benzene rings is 1. The van der Waals surface area contributed by atoms with Crippen molar-refractivity contribution in [2.45, 2.75) is 33.1 Å². The van der Waals surface area contributed by atoms with Gasteiger partial charge in [-0.15, -0.1) is 0 Å². The minimum absolute atomic E-state index is 0.137. The molecule has 5 nitrogen and oxygen atoms in total. The van der Waals surface area contributed by atoms with Crippen LogP contribution in [-0.2, 0) is 9.47 Å². The van der Waals surface area contributed by atoms with Crippen LogP contribution in [0.15, 0.2) is 18.2 Å². The van der Waals surface area contributed by atoms with Gasteiger partial charge in [-0.05, 0) is 44.5 Å². The monoisotopic (exact) mass is 290 g/mol. The van der Waals surface area contributed by atoms with Gasteiger partial charge in [-0.25, -0.2) is 0 Å². The highest BCUT2D eigenvalue weighted by atomic mass is 16.7. The molecule has 2 rings (SSSR count). The van der Waals surface area contributed by atoms with E-state index in [0.29, 0.717) is 5.56 Å². The quantitative estimate of drug-likeness (QED) is 0.832. The number of nitrogens with one attached hydrogen (secondary N) is 2. The van der Waals surface area contributed by atoms with Crippen LogP contribution in [0, 0.1) is 13.8 Å². The second-order valence-corrected chi connectivity index (χ2v) is 5.24.